The predicted octanol–water partition coefficient (Wildman–Crippen LogP) is 2.22. The van der Waals surface area contributed by atoms with E-state index in [1.165, 1.54) is 18.2 Å². The number of carbonyl (C=O) groups excluding carboxylic acids is 2. The van der Waals surface area contributed by atoms with Crippen molar-refractivity contribution in [2.75, 3.05) is 19.6 Å². The van der Waals surface area contributed by atoms with Gasteiger partial charge in [0.1, 0.15) is 12.4 Å². The van der Waals surface area contributed by atoms with E-state index in [4.69, 9.17) is 0 Å². The van der Waals surface area contributed by atoms with Crippen LogP contribution in [0.25, 0.3) is 0 Å². The summed E-state index contributed by atoms with van der Waals surface area (Å²) in [6.07, 6.45) is -4.34. The van der Waals surface area contributed by atoms with Crippen molar-refractivity contribution in [3.8, 4) is 0 Å². The summed E-state index contributed by atoms with van der Waals surface area (Å²) in [7, 11) is -3.93. The van der Waals surface area contributed by atoms with Crippen molar-refractivity contribution >= 4 is 21.8 Å². The second kappa shape index (κ2) is 10.4. The molecule has 0 heterocycles. The third-order valence-corrected chi connectivity index (χ3v) is 5.40. The highest BCUT2D eigenvalue weighted by molar-refractivity contribution is 7.89. The lowest BCUT2D eigenvalue weighted by atomic mass is 10.2. The first-order chi connectivity index (χ1) is 14.5. The lowest BCUT2D eigenvalue weighted by molar-refractivity contribution is -0.123. The Bertz CT molecular complexity index is 1030. The van der Waals surface area contributed by atoms with E-state index in [1.54, 1.807) is 5.32 Å². The Morgan fingerprint density at radius 1 is 0.871 bits per heavy atom. The maximum Gasteiger partial charge on any atom is 0.405 e. The zero-order valence-corrected chi connectivity index (χ0v) is 16.8. The second-order valence-corrected chi connectivity index (χ2v) is 8.08. The molecule has 7 nitrogen and oxygen atoms in total. The summed E-state index contributed by atoms with van der Waals surface area (Å²) < 4.78 is 76.7. The Hall–Kier alpha value is -2.99. The predicted molar refractivity (Wildman–Crippen MR) is 103 cm³/mol. The van der Waals surface area contributed by atoms with E-state index in [1.807, 2.05) is 0 Å². The monoisotopic (exact) mass is 461 g/mol. The van der Waals surface area contributed by atoms with Gasteiger partial charge in [0.05, 0.1) is 10.5 Å². The molecule has 2 amide bonds. The van der Waals surface area contributed by atoms with E-state index < -0.39 is 40.4 Å². The Kier molecular flexibility index (Phi) is 8.11. The van der Waals surface area contributed by atoms with Gasteiger partial charge in [-0.3, -0.25) is 9.59 Å². The van der Waals surface area contributed by atoms with Gasteiger partial charge in [-0.05, 0) is 42.8 Å². The molecule has 0 aromatic heterocycles. The maximum atomic E-state index is 13.5. The van der Waals surface area contributed by atoms with Gasteiger partial charge in [0.15, 0.2) is 0 Å². The van der Waals surface area contributed by atoms with Crippen LogP contribution in [0.15, 0.2) is 53.4 Å². The molecule has 31 heavy (non-hydrogen) atoms. The Morgan fingerprint density at radius 3 is 2.13 bits per heavy atom. The van der Waals surface area contributed by atoms with E-state index in [2.05, 4.69) is 10.0 Å². The van der Waals surface area contributed by atoms with Crippen molar-refractivity contribution in [2.45, 2.75) is 17.5 Å². The van der Waals surface area contributed by atoms with Gasteiger partial charge in [-0.25, -0.2) is 17.5 Å². The van der Waals surface area contributed by atoms with Crippen molar-refractivity contribution in [1.29, 1.82) is 0 Å². The van der Waals surface area contributed by atoms with Crippen LogP contribution >= 0.6 is 0 Å². The standard InChI is InChI=1S/C19H19F4N3O4S/c20-16-5-2-1-4-15(16)18(28)24-10-3-11-26-31(29,30)14-8-6-13(7-9-14)17(27)25-12-19(21,22)23/h1-2,4-9,26H,3,10-12H2,(H,24,28)(H,25,27). The van der Waals surface area contributed by atoms with Crippen molar-refractivity contribution in [1.82, 2.24) is 15.4 Å². The van der Waals surface area contributed by atoms with Gasteiger partial charge >= 0.3 is 6.18 Å². The summed E-state index contributed by atoms with van der Waals surface area (Å²) in [5.41, 5.74) is -0.249. The van der Waals surface area contributed by atoms with Gasteiger partial charge in [0.25, 0.3) is 11.8 Å². The van der Waals surface area contributed by atoms with Gasteiger partial charge in [-0.2, -0.15) is 13.2 Å². The number of amides is 2. The topological polar surface area (TPSA) is 104 Å². The number of rotatable bonds is 9. The van der Waals surface area contributed by atoms with Crippen LogP contribution in [0.4, 0.5) is 17.6 Å². The molecule has 12 heteroatoms. The highest BCUT2D eigenvalue weighted by Gasteiger charge is 2.28. The summed E-state index contributed by atoms with van der Waals surface area (Å²) in [6, 6.07) is 9.79. The normalized spacial score (nSPS) is 11.7. The number of carbonyl (C=O) groups is 2. The molecule has 0 spiro atoms. The molecular weight excluding hydrogens is 442 g/mol. The van der Waals surface area contributed by atoms with Crippen molar-refractivity contribution in [3.63, 3.8) is 0 Å². The number of hydrogen-bond acceptors (Lipinski definition) is 4. The zero-order valence-electron chi connectivity index (χ0n) is 16.0. The van der Waals surface area contributed by atoms with Gasteiger partial charge in [-0.15, -0.1) is 0 Å². The van der Waals surface area contributed by atoms with Crippen LogP contribution in [0.2, 0.25) is 0 Å². The molecular formula is C19H19F4N3O4S. The maximum absolute atomic E-state index is 13.5. The van der Waals surface area contributed by atoms with Crippen molar-refractivity contribution in [3.05, 3.63) is 65.5 Å². The summed E-state index contributed by atoms with van der Waals surface area (Å²) >= 11 is 0. The number of nitrogens with one attached hydrogen (secondary N) is 3. The highest BCUT2D eigenvalue weighted by Crippen LogP contribution is 2.14. The summed E-state index contributed by atoms with van der Waals surface area (Å²) in [5, 5.41) is 4.15. The van der Waals surface area contributed by atoms with Crippen LogP contribution in [0.1, 0.15) is 27.1 Å². The third-order valence-electron chi connectivity index (χ3n) is 3.93. The third kappa shape index (κ3) is 7.64. The van der Waals surface area contributed by atoms with E-state index in [9.17, 15) is 35.6 Å². The first-order valence-electron chi connectivity index (χ1n) is 8.97. The number of hydrogen-bond donors (Lipinski definition) is 3. The Morgan fingerprint density at radius 2 is 1.52 bits per heavy atom. The van der Waals surface area contributed by atoms with Gasteiger partial charge < -0.3 is 10.6 Å². The number of benzene rings is 2. The van der Waals surface area contributed by atoms with Crippen molar-refractivity contribution in [2.24, 2.45) is 0 Å². The van der Waals surface area contributed by atoms with Crippen LogP contribution in [-0.2, 0) is 10.0 Å². The minimum absolute atomic E-state index is 0.0340. The minimum atomic E-state index is -4.56. The van der Waals surface area contributed by atoms with E-state index >= 15 is 0 Å². The average molecular weight is 461 g/mol. The quantitative estimate of drug-likeness (QED) is 0.394. The van der Waals surface area contributed by atoms with Crippen LogP contribution in [-0.4, -0.2) is 46.0 Å². The highest BCUT2D eigenvalue weighted by atomic mass is 32.2. The molecule has 0 aliphatic heterocycles. The van der Waals surface area contributed by atoms with E-state index in [0.29, 0.717) is 0 Å². The molecule has 0 bridgehead atoms. The lowest BCUT2D eigenvalue weighted by Crippen LogP contribution is -2.33. The fourth-order valence-electron chi connectivity index (χ4n) is 2.39. The van der Waals surface area contributed by atoms with Crippen LogP contribution in [0.3, 0.4) is 0 Å². The van der Waals surface area contributed by atoms with E-state index in [-0.39, 0.29) is 35.5 Å². The van der Waals surface area contributed by atoms with Crippen LogP contribution in [0, 0.1) is 5.82 Å². The molecule has 0 saturated heterocycles. The fourth-order valence-corrected chi connectivity index (χ4v) is 3.46. The van der Waals surface area contributed by atoms with Gasteiger partial charge in [-0.1, -0.05) is 12.1 Å². The first kappa shape index (κ1) is 24.3. The summed E-state index contributed by atoms with van der Waals surface area (Å²) in [6.45, 7) is -1.44. The van der Waals surface area contributed by atoms with Gasteiger partial charge in [0.2, 0.25) is 10.0 Å². The average Bonchev–Trinajstić information content (AvgIpc) is 2.71. The van der Waals surface area contributed by atoms with Crippen molar-refractivity contribution < 1.29 is 35.6 Å². The molecule has 0 aliphatic carbocycles. The molecule has 0 radical (unpaired) electrons. The summed E-state index contributed by atoms with van der Waals surface area (Å²) in [4.78, 5) is 23.3. The summed E-state index contributed by atoms with van der Waals surface area (Å²) in [5.74, 6) is -2.28. The molecule has 2 aromatic carbocycles. The minimum Gasteiger partial charge on any atom is -0.352 e. The fraction of sp³-hybridized carbons (Fsp3) is 0.263. The molecule has 0 aliphatic rings. The first-order valence-corrected chi connectivity index (χ1v) is 10.5. The molecule has 0 unspecified atom stereocenters. The van der Waals surface area contributed by atoms with E-state index in [0.717, 1.165) is 30.3 Å². The largest absolute Gasteiger partial charge is 0.405 e. The molecule has 0 fully saturated rings. The SMILES string of the molecule is O=C(NCC(F)(F)F)c1ccc(S(=O)(=O)NCCCNC(=O)c2ccccc2F)cc1. The molecule has 0 atom stereocenters. The molecule has 168 valence electrons. The van der Waals surface area contributed by atoms with Gasteiger partial charge in [0, 0.05) is 18.7 Å². The molecule has 2 rings (SSSR count). The molecule has 0 saturated carbocycles. The van der Waals surface area contributed by atoms with Crippen LogP contribution < -0.4 is 15.4 Å². The molecule has 3 N–H and O–H groups in total. The number of alkyl halides is 3. The smallest absolute Gasteiger partial charge is 0.352 e. The molecule has 2 aromatic rings. The number of sulfonamides is 1. The number of halogens is 4. The Labute approximate surface area is 175 Å². The second-order valence-electron chi connectivity index (χ2n) is 6.31. The lowest BCUT2D eigenvalue weighted by Gasteiger charge is -2.10. The zero-order chi connectivity index (χ0) is 23.1. The Balaban J connectivity index is 1.81. The van der Waals surface area contributed by atoms with Crippen LogP contribution in [0.5, 0.6) is 0 Å².